The van der Waals surface area contributed by atoms with Crippen LogP contribution < -0.4 is 4.57 Å². The highest BCUT2D eigenvalue weighted by Gasteiger charge is 2.27. The van der Waals surface area contributed by atoms with Crippen molar-refractivity contribution in [2.45, 2.75) is 25.9 Å². The zero-order valence-corrected chi connectivity index (χ0v) is 10.5. The molecule has 1 aliphatic rings. The molecule has 2 heterocycles. The van der Waals surface area contributed by atoms with E-state index in [-0.39, 0.29) is 12.1 Å². The second-order valence-corrected chi connectivity index (χ2v) is 4.43. The smallest absolute Gasteiger partial charge is 0.377 e. The molecule has 17 heavy (non-hydrogen) atoms. The average molecular weight is 238 g/mol. The largest absolute Gasteiger partial charge is 0.415 e. The van der Waals surface area contributed by atoms with Crippen LogP contribution in [0.25, 0.3) is 0 Å². The van der Waals surface area contributed by atoms with Crippen molar-refractivity contribution in [1.82, 2.24) is 9.47 Å². The molecular weight excluding hydrogens is 218 g/mol. The molecule has 1 aromatic rings. The van der Waals surface area contributed by atoms with Gasteiger partial charge in [-0.25, -0.2) is 9.36 Å². The third-order valence-electron chi connectivity index (χ3n) is 3.04. The lowest BCUT2D eigenvalue weighted by atomic mass is 10.1. The molecule has 0 bridgehead atoms. The Morgan fingerprint density at radius 3 is 3.06 bits per heavy atom. The van der Waals surface area contributed by atoms with E-state index in [0.717, 1.165) is 19.4 Å². The summed E-state index contributed by atoms with van der Waals surface area (Å²) in [5, 5.41) is 0. The number of piperidine rings is 1. The molecule has 2 rings (SSSR count). The number of rotatable bonds is 2. The number of carbonyl (C=O) groups excluding carboxylic acids is 1. The molecular formula is C12H20N3O2+. The Morgan fingerprint density at radius 2 is 2.41 bits per heavy atom. The summed E-state index contributed by atoms with van der Waals surface area (Å²) in [7, 11) is 1.91. The van der Waals surface area contributed by atoms with Crippen molar-refractivity contribution in [3.05, 3.63) is 18.7 Å². The van der Waals surface area contributed by atoms with Gasteiger partial charge in [0.25, 0.3) is 6.33 Å². The number of likely N-dealkylation sites (tertiary alicyclic amines) is 1. The normalized spacial score (nSPS) is 20.6. The van der Waals surface area contributed by atoms with Crippen LogP contribution in [-0.4, -0.2) is 41.3 Å². The molecule has 0 aromatic carbocycles. The van der Waals surface area contributed by atoms with Gasteiger partial charge in [-0.2, -0.15) is 4.57 Å². The van der Waals surface area contributed by atoms with E-state index in [2.05, 4.69) is 0 Å². The van der Waals surface area contributed by atoms with E-state index in [9.17, 15) is 4.79 Å². The van der Waals surface area contributed by atoms with Gasteiger partial charge in [-0.1, -0.05) is 0 Å². The molecule has 5 heteroatoms. The summed E-state index contributed by atoms with van der Waals surface area (Å²) in [6.45, 7) is 4.23. The van der Waals surface area contributed by atoms with Gasteiger partial charge in [0.05, 0.1) is 19.7 Å². The quantitative estimate of drug-likeness (QED) is 0.714. The van der Waals surface area contributed by atoms with Crippen LogP contribution in [0.1, 0.15) is 19.8 Å². The van der Waals surface area contributed by atoms with Crippen molar-refractivity contribution in [1.29, 1.82) is 0 Å². The predicted molar refractivity (Wildman–Crippen MR) is 62.6 cm³/mol. The summed E-state index contributed by atoms with van der Waals surface area (Å²) in [4.78, 5) is 14.0. The Hall–Kier alpha value is -1.36. The number of carbonyl (C=O) groups is 1. The molecule has 0 spiro atoms. The molecule has 1 aliphatic heterocycles. The van der Waals surface area contributed by atoms with Crippen molar-refractivity contribution < 1.29 is 14.1 Å². The van der Waals surface area contributed by atoms with E-state index in [1.165, 1.54) is 0 Å². The van der Waals surface area contributed by atoms with Gasteiger partial charge in [0.15, 0.2) is 0 Å². The van der Waals surface area contributed by atoms with Crippen LogP contribution in [0.2, 0.25) is 0 Å². The van der Waals surface area contributed by atoms with E-state index in [1.807, 2.05) is 29.6 Å². The van der Waals surface area contributed by atoms with Gasteiger partial charge in [-0.05, 0) is 19.8 Å². The standard InChI is InChI=1S/C12H20N3O2/c1-3-17-11-5-4-6-14(9-11)12(16)15-8-7-13(2)10-15/h7-8,10-11H,3-6,9H2,1-2H3/q+1. The fourth-order valence-corrected chi connectivity index (χ4v) is 2.21. The molecule has 0 N–H and O–H groups in total. The van der Waals surface area contributed by atoms with Gasteiger partial charge in [0.1, 0.15) is 12.4 Å². The van der Waals surface area contributed by atoms with Gasteiger partial charge in [-0.15, -0.1) is 0 Å². The van der Waals surface area contributed by atoms with Crippen molar-refractivity contribution in [3.63, 3.8) is 0 Å². The minimum absolute atomic E-state index is 0.0370. The molecule has 94 valence electrons. The third kappa shape index (κ3) is 2.85. The summed E-state index contributed by atoms with van der Waals surface area (Å²) in [6, 6.07) is 0.0370. The van der Waals surface area contributed by atoms with Crippen molar-refractivity contribution in [3.8, 4) is 0 Å². The third-order valence-corrected chi connectivity index (χ3v) is 3.04. The number of imidazole rings is 1. The highest BCUT2D eigenvalue weighted by atomic mass is 16.5. The molecule has 1 fully saturated rings. The Bertz CT molecular complexity index is 387. The lowest BCUT2D eigenvalue weighted by Gasteiger charge is -2.30. The Balaban J connectivity index is 1.99. The zero-order chi connectivity index (χ0) is 12.3. The van der Waals surface area contributed by atoms with Crippen LogP contribution in [0.5, 0.6) is 0 Å². The van der Waals surface area contributed by atoms with E-state index in [1.54, 1.807) is 17.1 Å². The monoisotopic (exact) mass is 238 g/mol. The van der Waals surface area contributed by atoms with Gasteiger partial charge in [0.2, 0.25) is 0 Å². The summed E-state index contributed by atoms with van der Waals surface area (Å²) in [6.07, 6.45) is 7.70. The van der Waals surface area contributed by atoms with Gasteiger partial charge in [-0.3, -0.25) is 0 Å². The molecule has 0 aliphatic carbocycles. The van der Waals surface area contributed by atoms with E-state index >= 15 is 0 Å². The molecule has 1 aromatic heterocycles. The molecule has 0 radical (unpaired) electrons. The Labute approximate surface area is 102 Å². The van der Waals surface area contributed by atoms with E-state index < -0.39 is 0 Å². The van der Waals surface area contributed by atoms with Gasteiger partial charge in [0, 0.05) is 13.2 Å². The van der Waals surface area contributed by atoms with Gasteiger partial charge >= 0.3 is 6.03 Å². The van der Waals surface area contributed by atoms with E-state index in [0.29, 0.717) is 13.2 Å². The lowest BCUT2D eigenvalue weighted by Crippen LogP contribution is -2.45. The number of hydrogen-bond acceptors (Lipinski definition) is 2. The number of amides is 1. The number of aryl methyl sites for hydroxylation is 1. The maximum absolute atomic E-state index is 12.2. The fraction of sp³-hybridized carbons (Fsp3) is 0.667. The molecule has 1 unspecified atom stereocenters. The minimum Gasteiger partial charge on any atom is -0.377 e. The predicted octanol–water partition coefficient (Wildman–Crippen LogP) is 0.782. The van der Waals surface area contributed by atoms with Crippen molar-refractivity contribution in [2.24, 2.45) is 7.05 Å². The first-order valence-corrected chi connectivity index (χ1v) is 6.15. The van der Waals surface area contributed by atoms with Crippen molar-refractivity contribution in [2.75, 3.05) is 19.7 Å². The SMILES string of the molecule is CCOC1CCCN(C(=O)n2cc[n+](C)c2)C1. The maximum Gasteiger partial charge on any atom is 0.415 e. The highest BCUT2D eigenvalue weighted by Crippen LogP contribution is 2.14. The molecule has 1 atom stereocenters. The first kappa shape index (κ1) is 12.1. The first-order chi connectivity index (χ1) is 8.20. The molecule has 1 saturated heterocycles. The highest BCUT2D eigenvalue weighted by molar-refractivity contribution is 5.76. The molecule has 1 amide bonds. The second kappa shape index (κ2) is 5.31. The maximum atomic E-state index is 12.2. The van der Waals surface area contributed by atoms with Gasteiger partial charge < -0.3 is 9.64 Å². The Kier molecular flexibility index (Phi) is 3.78. The summed E-state index contributed by atoms with van der Waals surface area (Å²) in [5.41, 5.74) is 0. The number of hydrogen-bond donors (Lipinski definition) is 0. The average Bonchev–Trinajstić information content (AvgIpc) is 2.76. The summed E-state index contributed by atoms with van der Waals surface area (Å²) in [5.74, 6) is 0. The Morgan fingerprint density at radius 1 is 1.59 bits per heavy atom. The number of ether oxygens (including phenoxy) is 1. The minimum atomic E-state index is 0.0370. The number of nitrogens with zero attached hydrogens (tertiary/aromatic N) is 3. The number of aromatic nitrogens is 2. The first-order valence-electron chi connectivity index (χ1n) is 6.15. The van der Waals surface area contributed by atoms with E-state index in [4.69, 9.17) is 4.74 Å². The van der Waals surface area contributed by atoms with Crippen LogP contribution in [0.15, 0.2) is 18.7 Å². The molecule has 0 saturated carbocycles. The summed E-state index contributed by atoms with van der Waals surface area (Å²) >= 11 is 0. The summed E-state index contributed by atoms with van der Waals surface area (Å²) < 4.78 is 9.08. The molecule has 5 nitrogen and oxygen atoms in total. The fourth-order valence-electron chi connectivity index (χ4n) is 2.21. The van der Waals surface area contributed by atoms with Crippen LogP contribution in [-0.2, 0) is 11.8 Å². The zero-order valence-electron chi connectivity index (χ0n) is 10.5. The second-order valence-electron chi connectivity index (χ2n) is 4.43. The van der Waals surface area contributed by atoms with Crippen LogP contribution in [0.4, 0.5) is 4.79 Å². The topological polar surface area (TPSA) is 38.4 Å². The van der Waals surface area contributed by atoms with Crippen LogP contribution >= 0.6 is 0 Å². The lowest BCUT2D eigenvalue weighted by molar-refractivity contribution is -0.670. The van der Waals surface area contributed by atoms with Crippen LogP contribution in [0, 0.1) is 0 Å². The van der Waals surface area contributed by atoms with Crippen molar-refractivity contribution >= 4 is 6.03 Å². The van der Waals surface area contributed by atoms with Crippen LogP contribution in [0.3, 0.4) is 0 Å².